The van der Waals surface area contributed by atoms with Crippen molar-refractivity contribution in [1.82, 2.24) is 10.3 Å². The Morgan fingerprint density at radius 1 is 1.29 bits per heavy atom. The molecule has 0 radical (unpaired) electrons. The summed E-state index contributed by atoms with van der Waals surface area (Å²) in [5.41, 5.74) is -1.88. The summed E-state index contributed by atoms with van der Waals surface area (Å²) in [6, 6.07) is 7.42. The fourth-order valence-electron chi connectivity index (χ4n) is 2.01. The van der Waals surface area contributed by atoms with Crippen LogP contribution in [0.25, 0.3) is 0 Å². The maximum Gasteiger partial charge on any atom is 0.417 e. The third-order valence-electron chi connectivity index (χ3n) is 3.14. The predicted octanol–water partition coefficient (Wildman–Crippen LogP) is 2.72. The Balaban J connectivity index is 2.13. The van der Waals surface area contributed by atoms with Gasteiger partial charge >= 0.3 is 6.18 Å². The molecule has 1 heterocycles. The quantitative estimate of drug-likeness (QED) is 0.879. The van der Waals surface area contributed by atoms with Gasteiger partial charge in [0.2, 0.25) is 0 Å². The van der Waals surface area contributed by atoms with Crippen LogP contribution in [0.5, 0.6) is 5.75 Å². The van der Waals surface area contributed by atoms with E-state index in [0.717, 1.165) is 0 Å². The molecule has 5 nitrogen and oxygen atoms in total. The highest BCUT2D eigenvalue weighted by Crippen LogP contribution is 2.28. The second-order valence-electron chi connectivity index (χ2n) is 4.89. The predicted molar refractivity (Wildman–Crippen MR) is 80.8 cm³/mol. The van der Waals surface area contributed by atoms with E-state index in [1.165, 1.54) is 0 Å². The Bertz CT molecular complexity index is 785. The highest BCUT2D eigenvalue weighted by atomic mass is 19.4. The number of rotatable bonds is 5. The molecule has 0 aliphatic heterocycles. The number of alkyl halides is 3. The van der Waals surface area contributed by atoms with Gasteiger partial charge in [-0.25, -0.2) is 0 Å². The Morgan fingerprint density at radius 2 is 2.04 bits per heavy atom. The van der Waals surface area contributed by atoms with E-state index >= 15 is 0 Å². The first-order valence-electron chi connectivity index (χ1n) is 7.11. The molecule has 128 valence electrons. The summed E-state index contributed by atoms with van der Waals surface area (Å²) < 4.78 is 43.3. The largest absolute Gasteiger partial charge is 0.494 e. The highest BCUT2D eigenvalue weighted by molar-refractivity contribution is 5.93. The van der Waals surface area contributed by atoms with Gasteiger partial charge in [0.25, 0.3) is 11.5 Å². The van der Waals surface area contributed by atoms with Crippen LogP contribution < -0.4 is 15.6 Å². The fourth-order valence-corrected chi connectivity index (χ4v) is 2.01. The number of carbonyl (C=O) groups is 1. The van der Waals surface area contributed by atoms with Crippen LogP contribution in [-0.4, -0.2) is 17.5 Å². The van der Waals surface area contributed by atoms with Gasteiger partial charge in [0.05, 0.1) is 12.2 Å². The van der Waals surface area contributed by atoms with Gasteiger partial charge in [-0.2, -0.15) is 13.2 Å². The zero-order valence-corrected chi connectivity index (χ0v) is 12.7. The lowest BCUT2D eigenvalue weighted by Gasteiger charge is -2.09. The van der Waals surface area contributed by atoms with Crippen LogP contribution in [0.2, 0.25) is 0 Å². The number of H-pyrrole nitrogens is 1. The molecule has 0 spiro atoms. The van der Waals surface area contributed by atoms with Crippen molar-refractivity contribution in [3.8, 4) is 5.75 Å². The fraction of sp³-hybridized carbons (Fsp3) is 0.250. The van der Waals surface area contributed by atoms with E-state index in [0.29, 0.717) is 30.2 Å². The van der Waals surface area contributed by atoms with E-state index in [-0.39, 0.29) is 6.54 Å². The van der Waals surface area contributed by atoms with E-state index in [1.54, 1.807) is 24.3 Å². The third kappa shape index (κ3) is 4.37. The molecule has 1 aromatic heterocycles. The van der Waals surface area contributed by atoms with Crippen molar-refractivity contribution >= 4 is 5.91 Å². The van der Waals surface area contributed by atoms with E-state index in [1.807, 2.05) is 11.9 Å². The van der Waals surface area contributed by atoms with E-state index in [9.17, 15) is 22.8 Å². The summed E-state index contributed by atoms with van der Waals surface area (Å²) in [6.45, 7) is 2.36. The van der Waals surface area contributed by atoms with E-state index < -0.39 is 28.8 Å². The van der Waals surface area contributed by atoms with Crippen LogP contribution in [0, 0.1) is 0 Å². The molecule has 0 fully saturated rings. The molecule has 2 aromatic rings. The Kier molecular flexibility index (Phi) is 5.28. The first-order valence-corrected chi connectivity index (χ1v) is 7.11. The molecule has 0 atom stereocenters. The maximum atomic E-state index is 12.7. The first kappa shape index (κ1) is 17.6. The molecule has 0 unspecified atom stereocenters. The zero-order chi connectivity index (χ0) is 17.7. The number of aromatic nitrogens is 1. The minimum absolute atomic E-state index is 0.0510. The van der Waals surface area contributed by atoms with Crippen molar-refractivity contribution in [1.29, 1.82) is 0 Å². The molecule has 0 saturated heterocycles. The number of halogens is 3. The van der Waals surface area contributed by atoms with Crippen molar-refractivity contribution in [3.05, 3.63) is 63.6 Å². The molecule has 0 saturated carbocycles. The number of pyridine rings is 1. The standard InChI is InChI=1S/C16H15F3N2O3/c1-2-24-12-5-3-4-10(6-12)8-20-14(22)13-7-11(16(17,18)19)9-21-15(13)23/h3-7,9H,2,8H2,1H3,(H,20,22)(H,21,23). The summed E-state index contributed by atoms with van der Waals surface area (Å²) in [6.07, 6.45) is -4.12. The summed E-state index contributed by atoms with van der Waals surface area (Å²) in [7, 11) is 0. The summed E-state index contributed by atoms with van der Waals surface area (Å²) in [5.74, 6) is -0.273. The highest BCUT2D eigenvalue weighted by Gasteiger charge is 2.32. The second kappa shape index (κ2) is 7.20. The number of hydrogen-bond donors (Lipinski definition) is 2. The van der Waals surface area contributed by atoms with Gasteiger partial charge in [0, 0.05) is 12.7 Å². The van der Waals surface area contributed by atoms with Crippen LogP contribution >= 0.6 is 0 Å². The van der Waals surface area contributed by atoms with Gasteiger partial charge in [-0.05, 0) is 30.7 Å². The van der Waals surface area contributed by atoms with Gasteiger partial charge in [0.15, 0.2) is 0 Å². The number of amides is 1. The minimum Gasteiger partial charge on any atom is -0.494 e. The van der Waals surface area contributed by atoms with Crippen molar-refractivity contribution in [2.24, 2.45) is 0 Å². The van der Waals surface area contributed by atoms with Gasteiger partial charge in [-0.1, -0.05) is 12.1 Å². The van der Waals surface area contributed by atoms with Crippen molar-refractivity contribution in [3.63, 3.8) is 0 Å². The zero-order valence-electron chi connectivity index (χ0n) is 12.7. The number of carbonyl (C=O) groups excluding carboxylic acids is 1. The lowest BCUT2D eigenvalue weighted by molar-refractivity contribution is -0.137. The second-order valence-corrected chi connectivity index (χ2v) is 4.89. The summed E-state index contributed by atoms with van der Waals surface area (Å²) in [5, 5.41) is 2.42. The average molecular weight is 340 g/mol. The third-order valence-corrected chi connectivity index (χ3v) is 3.14. The van der Waals surface area contributed by atoms with Crippen molar-refractivity contribution in [2.75, 3.05) is 6.61 Å². The number of nitrogens with one attached hydrogen (secondary N) is 2. The lowest BCUT2D eigenvalue weighted by atomic mass is 10.1. The Hall–Kier alpha value is -2.77. The number of hydrogen-bond acceptors (Lipinski definition) is 3. The molecular formula is C16H15F3N2O3. The molecule has 2 N–H and O–H groups in total. The molecular weight excluding hydrogens is 325 g/mol. The van der Waals surface area contributed by atoms with Crippen LogP contribution in [0.15, 0.2) is 41.3 Å². The Labute approximate surface area is 135 Å². The van der Waals surface area contributed by atoms with Crippen LogP contribution in [0.4, 0.5) is 13.2 Å². The number of benzene rings is 1. The van der Waals surface area contributed by atoms with E-state index in [4.69, 9.17) is 4.74 Å². The lowest BCUT2D eigenvalue weighted by Crippen LogP contribution is -2.30. The molecule has 1 amide bonds. The van der Waals surface area contributed by atoms with Gasteiger partial charge < -0.3 is 15.0 Å². The number of ether oxygens (including phenoxy) is 1. The molecule has 1 aromatic carbocycles. The first-order chi connectivity index (χ1) is 11.3. The molecule has 0 aliphatic rings. The molecule has 2 rings (SSSR count). The summed E-state index contributed by atoms with van der Waals surface area (Å²) in [4.78, 5) is 25.5. The van der Waals surface area contributed by atoms with Crippen LogP contribution in [0.1, 0.15) is 28.4 Å². The normalized spacial score (nSPS) is 11.2. The maximum absolute atomic E-state index is 12.7. The topological polar surface area (TPSA) is 71.2 Å². The number of aromatic amines is 1. The van der Waals surface area contributed by atoms with Gasteiger partial charge in [0.1, 0.15) is 11.3 Å². The van der Waals surface area contributed by atoms with Crippen LogP contribution in [-0.2, 0) is 12.7 Å². The average Bonchev–Trinajstić information content (AvgIpc) is 2.52. The van der Waals surface area contributed by atoms with Gasteiger partial charge in [-0.15, -0.1) is 0 Å². The smallest absolute Gasteiger partial charge is 0.417 e. The summed E-state index contributed by atoms with van der Waals surface area (Å²) >= 11 is 0. The molecule has 0 bridgehead atoms. The molecule has 8 heteroatoms. The van der Waals surface area contributed by atoms with E-state index in [2.05, 4.69) is 5.32 Å². The van der Waals surface area contributed by atoms with Gasteiger partial charge in [-0.3, -0.25) is 9.59 Å². The van der Waals surface area contributed by atoms with Crippen LogP contribution in [0.3, 0.4) is 0 Å². The van der Waals surface area contributed by atoms with Crippen molar-refractivity contribution < 1.29 is 22.7 Å². The monoisotopic (exact) mass is 340 g/mol. The van der Waals surface area contributed by atoms with Crippen molar-refractivity contribution in [2.45, 2.75) is 19.6 Å². The SMILES string of the molecule is CCOc1cccc(CNC(=O)c2cc(C(F)(F)F)c[nH]c2=O)c1. The molecule has 24 heavy (non-hydrogen) atoms. The Morgan fingerprint density at radius 3 is 2.71 bits per heavy atom. The minimum atomic E-state index is -4.65. The molecule has 0 aliphatic carbocycles.